The average molecular weight is 273 g/mol. The van der Waals surface area contributed by atoms with Crippen molar-refractivity contribution in [3.05, 3.63) is 24.3 Å². The van der Waals surface area contributed by atoms with Crippen molar-refractivity contribution in [1.29, 1.82) is 0 Å². The predicted molar refractivity (Wildman–Crippen MR) is 77.5 cm³/mol. The van der Waals surface area contributed by atoms with Gasteiger partial charge < -0.3 is 14.6 Å². The largest absolute Gasteiger partial charge is 0.424 e. The minimum absolute atomic E-state index is 0.266. The molecular weight excluding hydrogens is 254 g/mol. The highest BCUT2D eigenvalue weighted by molar-refractivity contribution is 5.76. The molecule has 1 amide bonds. The van der Waals surface area contributed by atoms with Crippen LogP contribution in [0.4, 0.5) is 6.01 Å². The molecule has 0 atom stereocenters. The number of aromatic nitrogens is 1. The number of benzene rings is 1. The monoisotopic (exact) mass is 273 g/mol. The van der Waals surface area contributed by atoms with Gasteiger partial charge in [0, 0.05) is 26.1 Å². The summed E-state index contributed by atoms with van der Waals surface area (Å²) in [6.45, 7) is 2.24. The highest BCUT2D eigenvalue weighted by Gasteiger charge is 2.16. The Morgan fingerprint density at radius 2 is 2.15 bits per heavy atom. The third-order valence-corrected chi connectivity index (χ3v) is 3.62. The number of amides is 1. The second-order valence-electron chi connectivity index (χ2n) is 5.10. The molecule has 0 spiro atoms. The van der Waals surface area contributed by atoms with Gasteiger partial charge in [-0.15, -0.1) is 0 Å². The molecule has 0 bridgehead atoms. The number of carbonyl (C=O) groups is 1. The number of carbonyl (C=O) groups excluding carboxylic acids is 1. The van der Waals surface area contributed by atoms with Crippen LogP contribution in [0.2, 0.25) is 0 Å². The lowest BCUT2D eigenvalue weighted by Crippen LogP contribution is -2.34. The summed E-state index contributed by atoms with van der Waals surface area (Å²) in [6, 6.07) is 8.19. The summed E-state index contributed by atoms with van der Waals surface area (Å²) in [6.07, 6.45) is 3.96. The second-order valence-corrected chi connectivity index (χ2v) is 5.10. The molecule has 0 saturated carbocycles. The lowest BCUT2D eigenvalue weighted by molar-refractivity contribution is -0.130. The highest BCUT2D eigenvalue weighted by Crippen LogP contribution is 2.18. The fourth-order valence-electron chi connectivity index (χ4n) is 2.52. The Hall–Kier alpha value is -2.04. The molecule has 1 fully saturated rings. The number of para-hydroxylation sites is 2. The van der Waals surface area contributed by atoms with Gasteiger partial charge in [-0.25, -0.2) is 0 Å². The van der Waals surface area contributed by atoms with Crippen LogP contribution in [0.5, 0.6) is 0 Å². The molecular formula is C15H19N3O2. The smallest absolute Gasteiger partial charge is 0.295 e. The standard InChI is InChI=1S/C15H19N3O2/c19-14-8-2-1-5-10-18(14)11-9-16-15-17-12-6-3-4-7-13(12)20-15/h3-4,6-7H,1-2,5,8-11H2,(H,16,17). The molecule has 1 aromatic carbocycles. The number of hydrogen-bond acceptors (Lipinski definition) is 4. The molecule has 20 heavy (non-hydrogen) atoms. The van der Waals surface area contributed by atoms with Crippen LogP contribution in [0, 0.1) is 0 Å². The quantitative estimate of drug-likeness (QED) is 0.930. The van der Waals surface area contributed by atoms with Gasteiger partial charge in [-0.1, -0.05) is 18.6 Å². The lowest BCUT2D eigenvalue weighted by Gasteiger charge is -2.20. The molecule has 2 aromatic rings. The Bertz CT molecular complexity index is 561. The van der Waals surface area contributed by atoms with E-state index in [0.717, 1.165) is 36.9 Å². The molecule has 1 N–H and O–H groups in total. The Balaban J connectivity index is 1.55. The third-order valence-electron chi connectivity index (χ3n) is 3.62. The first-order chi connectivity index (χ1) is 9.83. The van der Waals surface area contributed by atoms with Crippen molar-refractivity contribution < 1.29 is 9.21 Å². The number of nitrogens with zero attached hydrogens (tertiary/aromatic N) is 2. The van der Waals surface area contributed by atoms with E-state index in [1.54, 1.807) is 0 Å². The molecule has 0 unspecified atom stereocenters. The van der Waals surface area contributed by atoms with E-state index in [9.17, 15) is 4.79 Å². The maximum Gasteiger partial charge on any atom is 0.295 e. The predicted octanol–water partition coefficient (Wildman–Crippen LogP) is 2.64. The third kappa shape index (κ3) is 2.92. The van der Waals surface area contributed by atoms with E-state index >= 15 is 0 Å². The van der Waals surface area contributed by atoms with Gasteiger partial charge in [-0.05, 0) is 25.0 Å². The van der Waals surface area contributed by atoms with Gasteiger partial charge in [-0.3, -0.25) is 4.79 Å². The molecule has 0 aliphatic carbocycles. The summed E-state index contributed by atoms with van der Waals surface area (Å²) < 4.78 is 5.58. The Labute approximate surface area is 118 Å². The van der Waals surface area contributed by atoms with Crippen LogP contribution in [-0.2, 0) is 4.79 Å². The van der Waals surface area contributed by atoms with Crippen LogP contribution >= 0.6 is 0 Å². The zero-order chi connectivity index (χ0) is 13.8. The second kappa shape index (κ2) is 5.94. The minimum Gasteiger partial charge on any atom is -0.424 e. The van der Waals surface area contributed by atoms with E-state index in [4.69, 9.17) is 4.42 Å². The van der Waals surface area contributed by atoms with E-state index in [0.29, 0.717) is 25.5 Å². The summed E-state index contributed by atoms with van der Waals surface area (Å²) in [5, 5.41) is 3.15. The van der Waals surface area contributed by atoms with Gasteiger partial charge in [0.2, 0.25) is 5.91 Å². The van der Waals surface area contributed by atoms with E-state index in [-0.39, 0.29) is 5.91 Å². The SMILES string of the molecule is O=C1CCCCCN1CCNc1nc2ccccc2o1. The van der Waals surface area contributed by atoms with Gasteiger partial charge in [0.25, 0.3) is 6.01 Å². The molecule has 3 rings (SSSR count). The Morgan fingerprint density at radius 3 is 3.05 bits per heavy atom. The summed E-state index contributed by atoms with van der Waals surface area (Å²) in [5.74, 6) is 0.266. The van der Waals surface area contributed by atoms with Crippen molar-refractivity contribution in [3.63, 3.8) is 0 Å². The normalized spacial score (nSPS) is 16.4. The maximum absolute atomic E-state index is 11.9. The zero-order valence-corrected chi connectivity index (χ0v) is 11.5. The van der Waals surface area contributed by atoms with Gasteiger partial charge in [0.15, 0.2) is 5.58 Å². The van der Waals surface area contributed by atoms with Crippen LogP contribution in [0.15, 0.2) is 28.7 Å². The maximum atomic E-state index is 11.9. The zero-order valence-electron chi connectivity index (χ0n) is 11.5. The number of likely N-dealkylation sites (tertiary alicyclic amines) is 1. The number of rotatable bonds is 4. The highest BCUT2D eigenvalue weighted by atomic mass is 16.4. The van der Waals surface area contributed by atoms with E-state index in [2.05, 4.69) is 10.3 Å². The van der Waals surface area contributed by atoms with Crippen molar-refractivity contribution in [2.45, 2.75) is 25.7 Å². The first kappa shape index (κ1) is 13.0. The fourth-order valence-corrected chi connectivity index (χ4v) is 2.52. The molecule has 2 heterocycles. The molecule has 1 aliphatic heterocycles. The molecule has 106 valence electrons. The van der Waals surface area contributed by atoms with Crippen LogP contribution in [0.3, 0.4) is 0 Å². The van der Waals surface area contributed by atoms with Gasteiger partial charge >= 0.3 is 0 Å². The van der Waals surface area contributed by atoms with Gasteiger partial charge in [0.1, 0.15) is 5.52 Å². The van der Waals surface area contributed by atoms with Crippen molar-refractivity contribution in [2.24, 2.45) is 0 Å². The van der Waals surface area contributed by atoms with Crippen molar-refractivity contribution >= 4 is 23.0 Å². The Morgan fingerprint density at radius 1 is 1.25 bits per heavy atom. The first-order valence-corrected chi connectivity index (χ1v) is 7.20. The fraction of sp³-hybridized carbons (Fsp3) is 0.467. The summed E-state index contributed by atoms with van der Waals surface area (Å²) in [7, 11) is 0. The van der Waals surface area contributed by atoms with Crippen LogP contribution in [0.1, 0.15) is 25.7 Å². The van der Waals surface area contributed by atoms with E-state index in [1.807, 2.05) is 29.2 Å². The summed E-state index contributed by atoms with van der Waals surface area (Å²) >= 11 is 0. The topological polar surface area (TPSA) is 58.4 Å². The molecule has 0 radical (unpaired) electrons. The number of fused-ring (bicyclic) bond motifs is 1. The number of hydrogen-bond donors (Lipinski definition) is 1. The van der Waals surface area contributed by atoms with Gasteiger partial charge in [-0.2, -0.15) is 4.98 Å². The number of nitrogens with one attached hydrogen (secondary N) is 1. The minimum atomic E-state index is 0.266. The summed E-state index contributed by atoms with van der Waals surface area (Å²) in [4.78, 5) is 18.1. The molecule has 1 aromatic heterocycles. The van der Waals surface area contributed by atoms with Crippen molar-refractivity contribution in [2.75, 3.05) is 25.0 Å². The average Bonchev–Trinajstić information content (AvgIpc) is 2.76. The summed E-state index contributed by atoms with van der Waals surface area (Å²) in [5.41, 5.74) is 1.63. The van der Waals surface area contributed by atoms with Crippen molar-refractivity contribution in [3.8, 4) is 0 Å². The van der Waals surface area contributed by atoms with Crippen molar-refractivity contribution in [1.82, 2.24) is 9.88 Å². The number of anilines is 1. The van der Waals surface area contributed by atoms with Gasteiger partial charge in [0.05, 0.1) is 0 Å². The van der Waals surface area contributed by atoms with E-state index in [1.165, 1.54) is 0 Å². The first-order valence-electron chi connectivity index (χ1n) is 7.20. The molecule has 1 aliphatic rings. The van der Waals surface area contributed by atoms with Crippen LogP contribution in [0.25, 0.3) is 11.1 Å². The molecule has 1 saturated heterocycles. The number of oxazole rings is 1. The van der Waals surface area contributed by atoms with E-state index < -0.39 is 0 Å². The van der Waals surface area contributed by atoms with Crippen LogP contribution < -0.4 is 5.32 Å². The molecule has 5 nitrogen and oxygen atoms in total. The molecule has 5 heteroatoms. The lowest BCUT2D eigenvalue weighted by atomic mass is 10.2. The Kier molecular flexibility index (Phi) is 3.85. The van der Waals surface area contributed by atoms with Crippen LogP contribution in [-0.4, -0.2) is 35.4 Å².